The molecule has 0 spiro atoms. The van der Waals surface area contributed by atoms with Crippen molar-refractivity contribution >= 4 is 24.2 Å². The van der Waals surface area contributed by atoms with Crippen molar-refractivity contribution in [3.63, 3.8) is 0 Å². The van der Waals surface area contributed by atoms with Crippen LogP contribution in [-0.2, 0) is 4.79 Å². The summed E-state index contributed by atoms with van der Waals surface area (Å²) in [6.45, 7) is 6.76. The van der Waals surface area contributed by atoms with E-state index in [-0.39, 0.29) is 5.41 Å². The zero-order valence-corrected chi connectivity index (χ0v) is 13.9. The molecule has 0 aromatic carbocycles. The molecule has 0 N–H and O–H groups in total. The van der Waals surface area contributed by atoms with Gasteiger partial charge in [0.15, 0.2) is 0 Å². The summed E-state index contributed by atoms with van der Waals surface area (Å²) in [4.78, 5) is 18.9. The molecule has 1 rings (SSSR count). The number of ketones is 1. The fraction of sp³-hybridized carbons (Fsp3) is 0.769. The molecule has 0 saturated heterocycles. The van der Waals surface area contributed by atoms with Gasteiger partial charge in [-0.05, 0) is 0 Å². The topological polar surface area (TPSA) is 17.1 Å². The molecule has 2 heteroatoms. The average molecular weight is 315 g/mol. The van der Waals surface area contributed by atoms with Crippen LogP contribution >= 0.6 is 0 Å². The summed E-state index contributed by atoms with van der Waals surface area (Å²) in [6.07, 6.45) is 2.68. The summed E-state index contributed by atoms with van der Waals surface area (Å²) in [5, 5.41) is 0. The minimum atomic E-state index is -2.04. The molecule has 1 nitrogen and oxygen atoms in total. The molecule has 1 aliphatic rings. The maximum atomic E-state index is 11.5. The van der Waals surface area contributed by atoms with E-state index < -0.39 is 18.4 Å². The minimum absolute atomic E-state index is 0.213. The molecule has 1 unspecified atom stereocenters. The normalized spacial score (nSPS) is 26.9. The van der Waals surface area contributed by atoms with Crippen LogP contribution in [0.1, 0.15) is 40.0 Å². The standard InChI is InChI=1S/C10H15O.3CH3.Sn/c1-8(2)6-10(3)5-4-9(11)7-10;;;;/h4-5,7H2,1-3H3;3*1H3;. The van der Waals surface area contributed by atoms with Crippen molar-refractivity contribution in [1.82, 2.24) is 0 Å². The molecule has 1 aliphatic carbocycles. The number of carbonyl (C=O) groups excluding carboxylic acids is 1. The van der Waals surface area contributed by atoms with Gasteiger partial charge in [0.1, 0.15) is 0 Å². The van der Waals surface area contributed by atoms with E-state index in [4.69, 9.17) is 0 Å². The van der Waals surface area contributed by atoms with Gasteiger partial charge in [0.2, 0.25) is 0 Å². The van der Waals surface area contributed by atoms with Gasteiger partial charge in [-0.1, -0.05) is 0 Å². The first kappa shape index (κ1) is 13.3. The number of allylic oxidation sites excluding steroid dienone is 2. The van der Waals surface area contributed by atoms with E-state index in [2.05, 4.69) is 35.6 Å². The molecule has 0 bridgehead atoms. The van der Waals surface area contributed by atoms with Crippen molar-refractivity contribution in [3.05, 3.63) is 9.16 Å². The van der Waals surface area contributed by atoms with Crippen LogP contribution in [0.2, 0.25) is 14.8 Å². The Morgan fingerprint density at radius 1 is 1.27 bits per heavy atom. The van der Waals surface area contributed by atoms with Crippen molar-refractivity contribution in [2.45, 2.75) is 54.9 Å². The molecule has 0 aromatic heterocycles. The Hall–Kier alpha value is 0.209. The van der Waals surface area contributed by atoms with E-state index in [9.17, 15) is 4.79 Å². The number of Topliss-reactive ketones (excluding diaryl/α,β-unsaturated/α-hetero) is 1. The molecular formula is C13H24OSn. The van der Waals surface area contributed by atoms with Gasteiger partial charge >= 0.3 is 98.4 Å². The van der Waals surface area contributed by atoms with E-state index in [1.54, 1.807) is 3.59 Å². The molecule has 1 atom stereocenters. The second-order valence-corrected chi connectivity index (χ2v) is 20.7. The SMILES string of the molecule is CC(C)=[C](C1(C)CCC(=O)C1)[Sn]([CH3])([CH3])[CH3]. The van der Waals surface area contributed by atoms with Crippen LogP contribution in [0.4, 0.5) is 0 Å². The Morgan fingerprint density at radius 2 is 1.80 bits per heavy atom. The van der Waals surface area contributed by atoms with E-state index >= 15 is 0 Å². The second kappa shape index (κ2) is 4.23. The number of hydrogen-bond acceptors (Lipinski definition) is 1. The quantitative estimate of drug-likeness (QED) is 0.705. The van der Waals surface area contributed by atoms with Crippen molar-refractivity contribution in [2.75, 3.05) is 0 Å². The summed E-state index contributed by atoms with van der Waals surface area (Å²) in [6, 6.07) is 0. The average Bonchev–Trinajstić information content (AvgIpc) is 2.26. The number of rotatable bonds is 2. The Kier molecular flexibility index (Phi) is 3.74. The van der Waals surface area contributed by atoms with Crippen LogP contribution in [0, 0.1) is 5.41 Å². The molecule has 15 heavy (non-hydrogen) atoms. The van der Waals surface area contributed by atoms with Crippen molar-refractivity contribution < 1.29 is 4.79 Å². The fourth-order valence-electron chi connectivity index (χ4n) is 3.50. The Bertz CT molecular complexity index is 305. The molecule has 86 valence electrons. The van der Waals surface area contributed by atoms with Crippen LogP contribution in [0.25, 0.3) is 0 Å². The van der Waals surface area contributed by atoms with Crippen LogP contribution < -0.4 is 0 Å². The zero-order valence-electron chi connectivity index (χ0n) is 11.0. The fourth-order valence-corrected chi connectivity index (χ4v) is 13.6. The molecule has 1 fully saturated rings. The third-order valence-corrected chi connectivity index (χ3v) is 10.8. The van der Waals surface area contributed by atoms with Gasteiger partial charge < -0.3 is 0 Å². The van der Waals surface area contributed by atoms with E-state index in [1.807, 2.05) is 0 Å². The summed E-state index contributed by atoms with van der Waals surface area (Å²) >= 11 is -2.04. The molecular weight excluding hydrogens is 291 g/mol. The van der Waals surface area contributed by atoms with Crippen LogP contribution in [0.15, 0.2) is 9.16 Å². The van der Waals surface area contributed by atoms with Crippen molar-refractivity contribution in [3.8, 4) is 0 Å². The Labute approximate surface area is 98.2 Å². The van der Waals surface area contributed by atoms with Gasteiger partial charge in [-0.25, -0.2) is 0 Å². The third kappa shape index (κ3) is 2.86. The van der Waals surface area contributed by atoms with E-state index in [0.29, 0.717) is 5.78 Å². The summed E-state index contributed by atoms with van der Waals surface area (Å²) in [7, 11) is 0. The van der Waals surface area contributed by atoms with Gasteiger partial charge in [-0.15, -0.1) is 0 Å². The summed E-state index contributed by atoms with van der Waals surface area (Å²) < 4.78 is 1.70. The first-order valence-corrected chi connectivity index (χ1v) is 15.9. The molecule has 0 aromatic rings. The first-order valence-electron chi connectivity index (χ1n) is 5.87. The number of carbonyl (C=O) groups is 1. The van der Waals surface area contributed by atoms with Gasteiger partial charge in [0, 0.05) is 0 Å². The Balaban J connectivity index is 3.13. The predicted molar refractivity (Wildman–Crippen MR) is 68.7 cm³/mol. The van der Waals surface area contributed by atoms with Crippen molar-refractivity contribution in [1.29, 1.82) is 0 Å². The molecule has 0 radical (unpaired) electrons. The van der Waals surface area contributed by atoms with Crippen LogP contribution in [0.5, 0.6) is 0 Å². The molecule has 1 saturated carbocycles. The first-order chi connectivity index (χ1) is 6.67. The Morgan fingerprint density at radius 3 is 2.07 bits per heavy atom. The van der Waals surface area contributed by atoms with Crippen LogP contribution in [-0.4, -0.2) is 24.2 Å². The summed E-state index contributed by atoms with van der Waals surface area (Å²) in [5.41, 5.74) is 1.69. The predicted octanol–water partition coefficient (Wildman–Crippen LogP) is 3.96. The van der Waals surface area contributed by atoms with Gasteiger partial charge in [0.25, 0.3) is 0 Å². The van der Waals surface area contributed by atoms with Crippen molar-refractivity contribution in [2.24, 2.45) is 5.41 Å². The van der Waals surface area contributed by atoms with Gasteiger partial charge in [0.05, 0.1) is 0 Å². The molecule has 0 amide bonds. The van der Waals surface area contributed by atoms with Crippen LogP contribution in [0.3, 0.4) is 0 Å². The maximum absolute atomic E-state index is 11.5. The zero-order chi connectivity index (χ0) is 11.9. The van der Waals surface area contributed by atoms with Gasteiger partial charge in [-0.2, -0.15) is 0 Å². The summed E-state index contributed by atoms with van der Waals surface area (Å²) in [5.74, 6) is 0.465. The third-order valence-electron chi connectivity index (χ3n) is 3.40. The molecule has 0 aliphatic heterocycles. The second-order valence-electron chi connectivity index (χ2n) is 6.40. The van der Waals surface area contributed by atoms with Gasteiger partial charge in [-0.3, -0.25) is 0 Å². The molecule has 0 heterocycles. The van der Waals surface area contributed by atoms with E-state index in [0.717, 1.165) is 19.3 Å². The number of hydrogen-bond donors (Lipinski definition) is 0. The monoisotopic (exact) mass is 316 g/mol. The van der Waals surface area contributed by atoms with E-state index in [1.165, 1.54) is 5.57 Å².